The smallest absolute Gasteiger partial charge is 0.270 e. The van der Waals surface area contributed by atoms with Crippen molar-refractivity contribution in [2.24, 2.45) is 10.2 Å². The van der Waals surface area contributed by atoms with Crippen LogP contribution in [0.15, 0.2) is 46.6 Å². The molecule has 2 aromatic carbocycles. The molecule has 35 heavy (non-hydrogen) atoms. The fraction of sp³-hybridized carbons (Fsp3) is 0.238. The highest BCUT2D eigenvalue weighted by atomic mass is 16.6. The fourth-order valence-corrected chi connectivity index (χ4v) is 2.73. The summed E-state index contributed by atoms with van der Waals surface area (Å²) >= 11 is 0. The van der Waals surface area contributed by atoms with Gasteiger partial charge in [0.2, 0.25) is 11.8 Å². The second kappa shape index (κ2) is 13.0. The highest BCUT2D eigenvalue weighted by Crippen LogP contribution is 2.22. The van der Waals surface area contributed by atoms with Crippen LogP contribution in [0.2, 0.25) is 0 Å². The van der Waals surface area contributed by atoms with Crippen LogP contribution in [0.5, 0.6) is 11.5 Å². The number of phenolic OH excluding ortho intramolecular Hbond substituents is 2. The van der Waals surface area contributed by atoms with Crippen LogP contribution in [0.4, 0.5) is 11.4 Å². The molecule has 2 rings (SSSR count). The number of carbonyl (C=O) groups excluding carboxylic acids is 2. The summed E-state index contributed by atoms with van der Waals surface area (Å²) in [6.45, 7) is 0. The summed E-state index contributed by atoms with van der Waals surface area (Å²) in [4.78, 5) is 43.9. The predicted octanol–water partition coefficient (Wildman–Crippen LogP) is 2.47. The third kappa shape index (κ3) is 8.88. The zero-order valence-electron chi connectivity index (χ0n) is 18.3. The molecule has 0 aliphatic heterocycles. The molecule has 0 radical (unpaired) electrons. The average Bonchev–Trinajstić information content (AvgIpc) is 2.81. The van der Waals surface area contributed by atoms with Crippen molar-refractivity contribution in [3.05, 3.63) is 67.8 Å². The summed E-state index contributed by atoms with van der Waals surface area (Å²) in [7, 11) is 0. The molecule has 14 nitrogen and oxygen atoms in total. The van der Waals surface area contributed by atoms with Crippen molar-refractivity contribution in [3.8, 4) is 11.5 Å². The number of nitro groups is 2. The van der Waals surface area contributed by atoms with Gasteiger partial charge in [0.25, 0.3) is 11.4 Å². The average molecular weight is 486 g/mol. The SMILES string of the molecule is O=C(CCCCCC(=O)N/N=C/c1cc([N+](=O)[O-])ccc1O)N/N=C/c1cc([N+](=O)[O-])ccc1O. The van der Waals surface area contributed by atoms with Crippen molar-refractivity contribution >= 4 is 35.6 Å². The Morgan fingerprint density at radius 3 is 1.54 bits per heavy atom. The molecule has 0 spiro atoms. The van der Waals surface area contributed by atoms with Gasteiger partial charge in [0, 0.05) is 48.2 Å². The van der Waals surface area contributed by atoms with Crippen LogP contribution in [0.1, 0.15) is 43.2 Å². The number of rotatable bonds is 12. The number of amides is 2. The zero-order valence-corrected chi connectivity index (χ0v) is 18.3. The number of nitro benzene ring substituents is 2. The molecular formula is C21H22N6O8. The van der Waals surface area contributed by atoms with Crippen molar-refractivity contribution in [2.75, 3.05) is 0 Å². The second-order valence-electron chi connectivity index (χ2n) is 7.15. The number of nitrogens with one attached hydrogen (secondary N) is 2. The molecule has 184 valence electrons. The number of benzene rings is 2. The van der Waals surface area contributed by atoms with E-state index in [4.69, 9.17) is 0 Å². The molecule has 0 atom stereocenters. The number of hydrazone groups is 2. The minimum absolute atomic E-state index is 0.0777. The van der Waals surface area contributed by atoms with Crippen LogP contribution in [0.25, 0.3) is 0 Å². The van der Waals surface area contributed by atoms with Crippen LogP contribution in [-0.4, -0.2) is 44.3 Å². The molecule has 0 fully saturated rings. The summed E-state index contributed by atoms with van der Waals surface area (Å²) in [5, 5.41) is 48.2. The Morgan fingerprint density at radius 2 is 1.17 bits per heavy atom. The molecule has 0 bridgehead atoms. The minimum atomic E-state index is -0.621. The number of unbranched alkanes of at least 4 members (excludes halogenated alkanes) is 2. The minimum Gasteiger partial charge on any atom is -0.507 e. The molecule has 2 aromatic rings. The first-order chi connectivity index (χ1) is 16.7. The number of hydrogen-bond acceptors (Lipinski definition) is 10. The second-order valence-corrected chi connectivity index (χ2v) is 7.15. The van der Waals surface area contributed by atoms with E-state index < -0.39 is 21.7 Å². The molecule has 0 aliphatic carbocycles. The van der Waals surface area contributed by atoms with E-state index in [0.29, 0.717) is 19.3 Å². The zero-order chi connectivity index (χ0) is 25.8. The quantitative estimate of drug-likeness (QED) is 0.151. The third-order valence-corrected chi connectivity index (χ3v) is 4.54. The lowest BCUT2D eigenvalue weighted by atomic mass is 10.1. The molecule has 0 aromatic heterocycles. The first kappa shape index (κ1) is 26.4. The van der Waals surface area contributed by atoms with Crippen LogP contribution in [0, 0.1) is 20.2 Å². The molecular weight excluding hydrogens is 464 g/mol. The maximum absolute atomic E-state index is 11.8. The highest BCUT2D eigenvalue weighted by Gasteiger charge is 2.10. The molecule has 0 aliphatic rings. The summed E-state index contributed by atoms with van der Waals surface area (Å²) < 4.78 is 0. The molecule has 4 N–H and O–H groups in total. The van der Waals surface area contributed by atoms with Gasteiger partial charge < -0.3 is 10.2 Å². The van der Waals surface area contributed by atoms with Gasteiger partial charge in [0.1, 0.15) is 11.5 Å². The largest absolute Gasteiger partial charge is 0.507 e. The highest BCUT2D eigenvalue weighted by molar-refractivity contribution is 5.86. The monoisotopic (exact) mass is 486 g/mol. The van der Waals surface area contributed by atoms with E-state index in [1.54, 1.807) is 0 Å². The topological polar surface area (TPSA) is 210 Å². The number of aromatic hydroxyl groups is 2. The van der Waals surface area contributed by atoms with E-state index in [0.717, 1.165) is 48.8 Å². The van der Waals surface area contributed by atoms with E-state index in [9.17, 15) is 40.0 Å². The summed E-state index contributed by atoms with van der Waals surface area (Å²) in [5.41, 5.74) is 4.21. The van der Waals surface area contributed by atoms with Gasteiger partial charge in [-0.05, 0) is 25.0 Å². The summed E-state index contributed by atoms with van der Waals surface area (Å²) in [5.74, 6) is -1.26. The molecule has 0 saturated heterocycles. The number of phenols is 2. The first-order valence-corrected chi connectivity index (χ1v) is 10.3. The Labute approximate surface area is 198 Å². The van der Waals surface area contributed by atoms with E-state index in [1.807, 2.05) is 0 Å². The standard InChI is InChI=1S/C21H22N6O8/c28-18-8-6-16(26(32)33)10-14(18)12-22-24-20(30)4-2-1-3-5-21(31)25-23-13-15-11-17(27(34)35)7-9-19(15)29/h6-13,28-29H,1-5H2,(H,24,30)(H,25,31)/b22-12+,23-13+. The summed E-state index contributed by atoms with van der Waals surface area (Å²) in [6.07, 6.45) is 3.96. The molecule has 0 heterocycles. The Kier molecular flexibility index (Phi) is 9.78. The Hall–Kier alpha value is -4.88. The number of carbonyl (C=O) groups is 2. The lowest BCUT2D eigenvalue weighted by Gasteiger charge is -2.02. The van der Waals surface area contributed by atoms with Gasteiger partial charge in [0.15, 0.2) is 0 Å². The molecule has 14 heteroatoms. The maximum Gasteiger partial charge on any atom is 0.270 e. The normalized spacial score (nSPS) is 11.0. The van der Waals surface area contributed by atoms with Gasteiger partial charge in [-0.3, -0.25) is 29.8 Å². The van der Waals surface area contributed by atoms with E-state index in [-0.39, 0.29) is 46.8 Å². The van der Waals surface area contributed by atoms with Gasteiger partial charge in [-0.25, -0.2) is 10.9 Å². The Bertz CT molecular complexity index is 1070. The number of nitrogens with zero attached hydrogens (tertiary/aromatic N) is 4. The molecule has 2 amide bonds. The Morgan fingerprint density at radius 1 is 0.771 bits per heavy atom. The van der Waals surface area contributed by atoms with Crippen LogP contribution >= 0.6 is 0 Å². The van der Waals surface area contributed by atoms with Crippen molar-refractivity contribution in [1.29, 1.82) is 0 Å². The van der Waals surface area contributed by atoms with Crippen molar-refractivity contribution in [1.82, 2.24) is 10.9 Å². The van der Waals surface area contributed by atoms with E-state index in [2.05, 4.69) is 21.1 Å². The van der Waals surface area contributed by atoms with Crippen LogP contribution in [-0.2, 0) is 9.59 Å². The Balaban J connectivity index is 1.66. The number of non-ortho nitro benzene ring substituents is 2. The predicted molar refractivity (Wildman–Crippen MR) is 124 cm³/mol. The molecule has 0 unspecified atom stereocenters. The third-order valence-electron chi connectivity index (χ3n) is 4.54. The van der Waals surface area contributed by atoms with Crippen molar-refractivity contribution in [2.45, 2.75) is 32.1 Å². The van der Waals surface area contributed by atoms with Crippen molar-refractivity contribution < 1.29 is 29.6 Å². The summed E-state index contributed by atoms with van der Waals surface area (Å²) in [6, 6.07) is 6.82. The fourth-order valence-electron chi connectivity index (χ4n) is 2.73. The van der Waals surface area contributed by atoms with Crippen molar-refractivity contribution in [3.63, 3.8) is 0 Å². The van der Waals surface area contributed by atoms with Crippen LogP contribution < -0.4 is 10.9 Å². The van der Waals surface area contributed by atoms with E-state index in [1.165, 1.54) is 0 Å². The number of hydrogen-bond donors (Lipinski definition) is 4. The maximum atomic E-state index is 11.8. The first-order valence-electron chi connectivity index (χ1n) is 10.3. The van der Waals surface area contributed by atoms with Gasteiger partial charge in [0.05, 0.1) is 22.3 Å². The van der Waals surface area contributed by atoms with E-state index >= 15 is 0 Å². The van der Waals surface area contributed by atoms with Crippen LogP contribution in [0.3, 0.4) is 0 Å². The van der Waals surface area contributed by atoms with Gasteiger partial charge in [-0.15, -0.1) is 0 Å². The molecule has 0 saturated carbocycles. The lowest BCUT2D eigenvalue weighted by Crippen LogP contribution is -2.18. The van der Waals surface area contributed by atoms with Gasteiger partial charge in [-0.2, -0.15) is 10.2 Å². The van der Waals surface area contributed by atoms with Gasteiger partial charge >= 0.3 is 0 Å². The van der Waals surface area contributed by atoms with Gasteiger partial charge in [-0.1, -0.05) is 6.42 Å². The lowest BCUT2D eigenvalue weighted by molar-refractivity contribution is -0.385.